The number of nitrogens with zero attached hydrogens (tertiary/aromatic N) is 2. The van der Waals surface area contributed by atoms with Crippen molar-refractivity contribution in [2.45, 2.75) is 13.3 Å². The third-order valence-electron chi connectivity index (χ3n) is 4.52. The van der Waals surface area contributed by atoms with Crippen LogP contribution < -0.4 is 0 Å². The summed E-state index contributed by atoms with van der Waals surface area (Å²) in [5.74, 6) is -1.56. The fraction of sp³-hybridized carbons (Fsp3) is 0.316. The summed E-state index contributed by atoms with van der Waals surface area (Å²) in [6.07, 6.45) is 1.97. The van der Waals surface area contributed by atoms with Crippen molar-refractivity contribution in [1.29, 1.82) is 0 Å². The van der Waals surface area contributed by atoms with Crippen LogP contribution in [-0.2, 0) is 6.42 Å². The van der Waals surface area contributed by atoms with Gasteiger partial charge in [0.1, 0.15) is 6.26 Å². The van der Waals surface area contributed by atoms with Gasteiger partial charge >= 0.3 is 5.97 Å². The van der Waals surface area contributed by atoms with Crippen molar-refractivity contribution in [2.24, 2.45) is 0 Å². The molecule has 7 heteroatoms. The van der Waals surface area contributed by atoms with E-state index < -0.39 is 5.97 Å². The Hall–Kier alpha value is -3.09. The lowest BCUT2D eigenvalue weighted by Gasteiger charge is -2.34. The van der Waals surface area contributed by atoms with E-state index in [1.165, 1.54) is 11.6 Å². The van der Waals surface area contributed by atoms with Crippen LogP contribution in [0.1, 0.15) is 43.8 Å². The molecule has 1 saturated heterocycles. The molecule has 1 aliphatic rings. The molecule has 0 saturated carbocycles. The number of rotatable bonds is 4. The molecule has 1 N–H and O–H groups in total. The van der Waals surface area contributed by atoms with Crippen molar-refractivity contribution >= 4 is 17.8 Å². The molecule has 1 fully saturated rings. The van der Waals surface area contributed by atoms with Gasteiger partial charge in [-0.1, -0.05) is 19.1 Å². The molecule has 0 unspecified atom stereocenters. The van der Waals surface area contributed by atoms with Crippen molar-refractivity contribution in [3.05, 3.63) is 59.0 Å². The maximum atomic E-state index is 12.6. The molecule has 2 aromatic rings. The summed E-state index contributed by atoms with van der Waals surface area (Å²) < 4.78 is 5.05. The van der Waals surface area contributed by atoms with Crippen LogP contribution in [-0.4, -0.2) is 58.9 Å². The van der Waals surface area contributed by atoms with Crippen molar-refractivity contribution in [2.75, 3.05) is 26.2 Å². The molecular weight excluding hydrogens is 336 g/mol. The number of carboxylic acid groups (broad SMARTS) is 1. The first-order valence-corrected chi connectivity index (χ1v) is 8.49. The smallest absolute Gasteiger partial charge is 0.338 e. The standard InChI is InChI=1S/C19H20N2O5/c1-2-13-3-5-14(6-4-13)17(22)20-7-9-21(10-8-20)18(23)16-11-15(12-26-16)19(24)25/h3-6,11-12H,2,7-10H2,1H3,(H,24,25). The first-order valence-electron chi connectivity index (χ1n) is 8.49. The summed E-state index contributed by atoms with van der Waals surface area (Å²) in [5, 5.41) is 8.90. The third kappa shape index (κ3) is 3.61. The topological polar surface area (TPSA) is 91.1 Å². The number of hydrogen-bond donors (Lipinski definition) is 1. The second kappa shape index (κ2) is 7.43. The normalized spacial score (nSPS) is 14.3. The number of aromatic carboxylic acids is 1. The van der Waals surface area contributed by atoms with E-state index in [1.54, 1.807) is 9.80 Å². The van der Waals surface area contributed by atoms with Gasteiger partial charge in [0.15, 0.2) is 5.76 Å². The number of piperazine rings is 1. The van der Waals surface area contributed by atoms with Gasteiger partial charge in [0, 0.05) is 37.8 Å². The summed E-state index contributed by atoms with van der Waals surface area (Å²) in [6, 6.07) is 8.77. The molecule has 0 atom stereocenters. The highest BCUT2D eigenvalue weighted by Crippen LogP contribution is 2.15. The van der Waals surface area contributed by atoms with E-state index in [4.69, 9.17) is 9.52 Å². The van der Waals surface area contributed by atoms with Gasteiger partial charge in [0.05, 0.1) is 5.56 Å². The minimum absolute atomic E-state index is 0.00247. The third-order valence-corrected chi connectivity index (χ3v) is 4.52. The van der Waals surface area contributed by atoms with Crippen LogP contribution in [0.2, 0.25) is 0 Å². The van der Waals surface area contributed by atoms with Crippen LogP contribution in [0.15, 0.2) is 41.0 Å². The molecule has 1 aliphatic heterocycles. The average Bonchev–Trinajstić information content (AvgIpc) is 3.17. The Balaban J connectivity index is 1.60. The maximum Gasteiger partial charge on any atom is 0.338 e. The fourth-order valence-corrected chi connectivity index (χ4v) is 2.89. The molecule has 0 aliphatic carbocycles. The average molecular weight is 356 g/mol. The van der Waals surface area contributed by atoms with Crippen molar-refractivity contribution in [3.8, 4) is 0 Å². The van der Waals surface area contributed by atoms with Crippen LogP contribution in [0.3, 0.4) is 0 Å². The largest absolute Gasteiger partial charge is 0.478 e. The summed E-state index contributed by atoms with van der Waals surface area (Å²) in [7, 11) is 0. The van der Waals surface area contributed by atoms with Crippen LogP contribution >= 0.6 is 0 Å². The van der Waals surface area contributed by atoms with Crippen LogP contribution in [0.4, 0.5) is 0 Å². The molecule has 0 bridgehead atoms. The first-order chi connectivity index (χ1) is 12.5. The van der Waals surface area contributed by atoms with Crippen LogP contribution in [0.25, 0.3) is 0 Å². The SMILES string of the molecule is CCc1ccc(C(=O)N2CCN(C(=O)c3cc(C(=O)O)co3)CC2)cc1. The number of carboxylic acids is 1. The lowest BCUT2D eigenvalue weighted by Crippen LogP contribution is -2.50. The summed E-state index contributed by atoms with van der Waals surface area (Å²) >= 11 is 0. The van der Waals surface area contributed by atoms with Gasteiger partial charge in [-0.2, -0.15) is 0 Å². The molecule has 0 radical (unpaired) electrons. The zero-order chi connectivity index (χ0) is 18.7. The van der Waals surface area contributed by atoms with Gasteiger partial charge < -0.3 is 19.3 Å². The van der Waals surface area contributed by atoms with E-state index in [1.807, 2.05) is 24.3 Å². The number of aryl methyl sites for hydroxylation is 1. The highest BCUT2D eigenvalue weighted by molar-refractivity contribution is 5.96. The molecule has 2 amide bonds. The minimum atomic E-state index is -1.14. The Labute approximate surface area is 150 Å². The summed E-state index contributed by atoms with van der Waals surface area (Å²) in [6.45, 7) is 3.66. The Morgan fingerprint density at radius 1 is 0.962 bits per heavy atom. The van der Waals surface area contributed by atoms with E-state index in [9.17, 15) is 14.4 Å². The molecule has 1 aromatic carbocycles. The number of amides is 2. The van der Waals surface area contributed by atoms with Gasteiger partial charge in [-0.25, -0.2) is 4.79 Å². The second-order valence-electron chi connectivity index (χ2n) is 6.14. The molecule has 136 valence electrons. The van der Waals surface area contributed by atoms with E-state index in [-0.39, 0.29) is 23.1 Å². The predicted molar refractivity (Wildman–Crippen MR) is 93.3 cm³/mol. The van der Waals surface area contributed by atoms with Crippen LogP contribution in [0.5, 0.6) is 0 Å². The van der Waals surface area contributed by atoms with Gasteiger partial charge in [-0.3, -0.25) is 9.59 Å². The molecule has 3 rings (SSSR count). The Morgan fingerprint density at radius 3 is 2.04 bits per heavy atom. The van der Waals surface area contributed by atoms with Crippen molar-refractivity contribution < 1.29 is 23.9 Å². The molecule has 1 aromatic heterocycles. The first kappa shape index (κ1) is 17.7. The summed E-state index contributed by atoms with van der Waals surface area (Å²) in [5.41, 5.74) is 1.76. The number of benzene rings is 1. The lowest BCUT2D eigenvalue weighted by atomic mass is 10.1. The lowest BCUT2D eigenvalue weighted by molar-refractivity contribution is 0.0518. The number of carbonyl (C=O) groups is 3. The summed E-state index contributed by atoms with van der Waals surface area (Å²) in [4.78, 5) is 39.1. The molecule has 2 heterocycles. The van der Waals surface area contributed by atoms with E-state index in [0.29, 0.717) is 31.7 Å². The highest BCUT2D eigenvalue weighted by Gasteiger charge is 2.27. The Bertz CT molecular complexity index is 817. The monoisotopic (exact) mass is 356 g/mol. The Morgan fingerprint density at radius 2 is 1.54 bits per heavy atom. The minimum Gasteiger partial charge on any atom is -0.478 e. The number of carbonyl (C=O) groups excluding carboxylic acids is 2. The molecule has 7 nitrogen and oxygen atoms in total. The number of hydrogen-bond acceptors (Lipinski definition) is 4. The molecular formula is C19H20N2O5. The predicted octanol–water partition coefficient (Wildman–Crippen LogP) is 2.14. The Kier molecular flexibility index (Phi) is 5.06. The molecule has 0 spiro atoms. The number of furan rings is 1. The van der Waals surface area contributed by atoms with Crippen LogP contribution in [0, 0.1) is 0 Å². The fourth-order valence-electron chi connectivity index (χ4n) is 2.89. The van der Waals surface area contributed by atoms with E-state index in [2.05, 4.69) is 6.92 Å². The zero-order valence-corrected chi connectivity index (χ0v) is 14.5. The second-order valence-corrected chi connectivity index (χ2v) is 6.14. The van der Waals surface area contributed by atoms with Gasteiger partial charge in [-0.15, -0.1) is 0 Å². The van der Waals surface area contributed by atoms with Gasteiger partial charge in [-0.05, 0) is 24.1 Å². The molecule has 26 heavy (non-hydrogen) atoms. The zero-order valence-electron chi connectivity index (χ0n) is 14.5. The van der Waals surface area contributed by atoms with Crippen molar-refractivity contribution in [1.82, 2.24) is 9.80 Å². The van der Waals surface area contributed by atoms with E-state index >= 15 is 0 Å². The van der Waals surface area contributed by atoms with Crippen molar-refractivity contribution in [3.63, 3.8) is 0 Å². The quantitative estimate of drug-likeness (QED) is 0.906. The highest BCUT2D eigenvalue weighted by atomic mass is 16.4. The van der Waals surface area contributed by atoms with Gasteiger partial charge in [0.2, 0.25) is 0 Å². The van der Waals surface area contributed by atoms with Gasteiger partial charge in [0.25, 0.3) is 11.8 Å². The maximum absolute atomic E-state index is 12.6. The van der Waals surface area contributed by atoms with E-state index in [0.717, 1.165) is 12.7 Å².